The minimum Gasteiger partial charge on any atom is -0.466 e. The number of oxazole rings is 1. The molecule has 2 aromatic rings. The second kappa shape index (κ2) is 8.17. The molecule has 0 spiro atoms. The zero-order valence-electron chi connectivity index (χ0n) is 17.4. The average Bonchev–Trinajstić information content (AvgIpc) is 3.16. The third-order valence-electron chi connectivity index (χ3n) is 4.23. The Hall–Kier alpha value is -2.28. The molecule has 0 radical (unpaired) electrons. The van der Waals surface area contributed by atoms with Gasteiger partial charge in [0.1, 0.15) is 29.4 Å². The van der Waals surface area contributed by atoms with Gasteiger partial charge in [-0.25, -0.2) is 9.98 Å². The number of hydrogen-bond donors (Lipinski definition) is 3. The molecular weight excluding hydrogens is 344 g/mol. The number of aliphatic imine (C=N–C) groups is 1. The first-order valence-corrected chi connectivity index (χ1v) is 9.30. The van der Waals surface area contributed by atoms with E-state index in [1.54, 1.807) is 13.1 Å². The Kier molecular flexibility index (Phi) is 6.36. The predicted molar refractivity (Wildman–Crippen MR) is 106 cm³/mol. The van der Waals surface area contributed by atoms with Gasteiger partial charge in [-0.3, -0.25) is 0 Å². The molecule has 150 valence electrons. The summed E-state index contributed by atoms with van der Waals surface area (Å²) in [4.78, 5) is 8.80. The highest BCUT2D eigenvalue weighted by atomic mass is 16.4. The first-order valence-electron chi connectivity index (χ1n) is 9.30. The molecule has 0 aliphatic carbocycles. The van der Waals surface area contributed by atoms with E-state index in [1.807, 2.05) is 26.8 Å². The molecule has 1 atom stereocenters. The van der Waals surface area contributed by atoms with Crippen LogP contribution in [0.1, 0.15) is 63.4 Å². The summed E-state index contributed by atoms with van der Waals surface area (Å²) in [5.74, 6) is 3.48. The highest BCUT2D eigenvalue weighted by Crippen LogP contribution is 2.26. The molecule has 2 rings (SSSR count). The smallest absolute Gasteiger partial charge is 0.216 e. The maximum Gasteiger partial charge on any atom is 0.216 e. The summed E-state index contributed by atoms with van der Waals surface area (Å²) >= 11 is 0. The molecule has 0 saturated carbocycles. The number of nitrogens with one attached hydrogen (secondary N) is 2. The van der Waals surface area contributed by atoms with Crippen LogP contribution in [0, 0.1) is 13.8 Å². The van der Waals surface area contributed by atoms with Crippen LogP contribution in [0.25, 0.3) is 0 Å². The molecule has 0 bridgehead atoms. The first-order chi connectivity index (χ1) is 12.5. The van der Waals surface area contributed by atoms with Gasteiger partial charge in [-0.1, -0.05) is 20.8 Å². The van der Waals surface area contributed by atoms with Crippen molar-refractivity contribution in [2.75, 3.05) is 13.1 Å². The van der Waals surface area contributed by atoms with Crippen LogP contribution in [0.15, 0.2) is 26.1 Å². The Morgan fingerprint density at radius 3 is 2.41 bits per heavy atom. The molecule has 0 aromatic carbocycles. The number of aromatic nitrogens is 1. The molecule has 3 N–H and O–H groups in total. The Morgan fingerprint density at radius 2 is 1.89 bits per heavy atom. The molecule has 0 saturated heterocycles. The zero-order valence-corrected chi connectivity index (χ0v) is 17.4. The van der Waals surface area contributed by atoms with E-state index in [1.165, 1.54) is 0 Å². The minimum atomic E-state index is -1.08. The van der Waals surface area contributed by atoms with Crippen LogP contribution in [-0.2, 0) is 17.6 Å². The van der Waals surface area contributed by atoms with Crippen LogP contribution < -0.4 is 10.6 Å². The lowest BCUT2D eigenvalue weighted by molar-refractivity contribution is 0.0601. The van der Waals surface area contributed by atoms with Crippen molar-refractivity contribution in [3.8, 4) is 0 Å². The summed E-state index contributed by atoms with van der Waals surface area (Å²) in [5.41, 5.74) is -0.400. The average molecular weight is 377 g/mol. The van der Waals surface area contributed by atoms with E-state index in [0.717, 1.165) is 22.8 Å². The fourth-order valence-electron chi connectivity index (χ4n) is 2.74. The van der Waals surface area contributed by atoms with Gasteiger partial charge in [0.05, 0.1) is 12.7 Å². The molecular formula is C20H32N4O3. The fraction of sp³-hybridized carbons (Fsp3) is 0.600. The number of rotatable bonds is 6. The van der Waals surface area contributed by atoms with Crippen LogP contribution in [0.2, 0.25) is 0 Å². The van der Waals surface area contributed by atoms with Crippen LogP contribution in [0.3, 0.4) is 0 Å². The summed E-state index contributed by atoms with van der Waals surface area (Å²) in [6.07, 6.45) is 1.75. The summed E-state index contributed by atoms with van der Waals surface area (Å²) in [6, 6.07) is 1.86. The zero-order chi connectivity index (χ0) is 20.2. The van der Waals surface area contributed by atoms with Crippen molar-refractivity contribution >= 4 is 5.96 Å². The number of aryl methyl sites for hydroxylation is 2. The summed E-state index contributed by atoms with van der Waals surface area (Å²) < 4.78 is 11.3. The van der Waals surface area contributed by atoms with E-state index >= 15 is 0 Å². The van der Waals surface area contributed by atoms with Gasteiger partial charge in [-0.05, 0) is 33.8 Å². The van der Waals surface area contributed by atoms with Gasteiger partial charge in [0.25, 0.3) is 0 Å². The van der Waals surface area contributed by atoms with Gasteiger partial charge < -0.3 is 24.6 Å². The summed E-state index contributed by atoms with van der Waals surface area (Å²) in [7, 11) is 0. The molecule has 0 aliphatic rings. The molecule has 1 unspecified atom stereocenters. The van der Waals surface area contributed by atoms with E-state index in [4.69, 9.17) is 8.83 Å². The van der Waals surface area contributed by atoms with Crippen LogP contribution in [-0.4, -0.2) is 29.1 Å². The maximum atomic E-state index is 10.8. The number of nitrogens with zero attached hydrogens (tertiary/aromatic N) is 2. The van der Waals surface area contributed by atoms with Crippen molar-refractivity contribution < 1.29 is 13.9 Å². The molecule has 0 amide bonds. The lowest BCUT2D eigenvalue weighted by Crippen LogP contribution is -2.44. The number of aliphatic hydroxyl groups is 1. The van der Waals surface area contributed by atoms with Gasteiger partial charge in [-0.2, -0.15) is 0 Å². The number of hydrogen-bond acceptors (Lipinski definition) is 5. The van der Waals surface area contributed by atoms with Crippen LogP contribution in [0.5, 0.6) is 0 Å². The SMILES string of the molecule is CCNC(=NCc1ncc(C(C)(C)C)o1)NCC(C)(O)c1cc(C)oc1C. The van der Waals surface area contributed by atoms with Crippen molar-refractivity contribution in [2.24, 2.45) is 4.99 Å². The minimum absolute atomic E-state index is 0.0863. The maximum absolute atomic E-state index is 10.8. The third-order valence-corrected chi connectivity index (χ3v) is 4.23. The van der Waals surface area contributed by atoms with Gasteiger partial charge in [-0.15, -0.1) is 0 Å². The highest BCUT2D eigenvalue weighted by molar-refractivity contribution is 5.79. The lowest BCUT2D eigenvalue weighted by Gasteiger charge is -2.24. The standard InChI is InChI=1S/C20H32N4O3/c1-8-21-18(23-11-17-22-10-16(27-17)19(4,5)6)24-12-20(7,25)15-9-13(2)26-14(15)3/h9-10,25H,8,11-12H2,1-7H3,(H2,21,23,24). The second-order valence-corrected chi connectivity index (χ2v) is 8.02. The van der Waals surface area contributed by atoms with Crippen molar-refractivity contribution in [1.82, 2.24) is 15.6 Å². The molecule has 2 aromatic heterocycles. The Labute approximate surface area is 161 Å². The van der Waals surface area contributed by atoms with E-state index in [0.29, 0.717) is 24.9 Å². The van der Waals surface area contributed by atoms with Gasteiger partial charge in [0.2, 0.25) is 5.89 Å². The molecule has 2 heterocycles. The monoisotopic (exact) mass is 376 g/mol. The molecule has 7 heteroatoms. The van der Waals surface area contributed by atoms with Crippen LogP contribution in [0.4, 0.5) is 0 Å². The second-order valence-electron chi connectivity index (χ2n) is 8.02. The normalized spacial score (nSPS) is 14.9. The van der Waals surface area contributed by atoms with E-state index < -0.39 is 5.60 Å². The molecule has 0 aliphatic heterocycles. The molecule has 7 nitrogen and oxygen atoms in total. The first kappa shape index (κ1) is 21.0. The quantitative estimate of drug-likeness (QED) is 0.529. The topological polar surface area (TPSA) is 95.8 Å². The number of guanidine groups is 1. The van der Waals surface area contributed by atoms with Gasteiger partial charge >= 0.3 is 0 Å². The van der Waals surface area contributed by atoms with Crippen molar-refractivity contribution in [1.29, 1.82) is 0 Å². The highest BCUT2D eigenvalue weighted by Gasteiger charge is 2.28. The summed E-state index contributed by atoms with van der Waals surface area (Å²) in [6.45, 7) is 15.0. The van der Waals surface area contributed by atoms with Crippen molar-refractivity contribution in [2.45, 2.75) is 66.0 Å². The van der Waals surface area contributed by atoms with Gasteiger partial charge in [0.15, 0.2) is 5.96 Å². The molecule has 27 heavy (non-hydrogen) atoms. The van der Waals surface area contributed by atoms with Crippen molar-refractivity contribution in [3.05, 3.63) is 41.0 Å². The molecule has 0 fully saturated rings. The predicted octanol–water partition coefficient (Wildman–Crippen LogP) is 3.14. The van der Waals surface area contributed by atoms with Gasteiger partial charge in [0, 0.05) is 17.5 Å². The largest absolute Gasteiger partial charge is 0.466 e. The Bertz CT molecular complexity index is 781. The van der Waals surface area contributed by atoms with E-state index in [9.17, 15) is 5.11 Å². The third kappa shape index (κ3) is 5.60. The van der Waals surface area contributed by atoms with E-state index in [-0.39, 0.29) is 12.0 Å². The Morgan fingerprint density at radius 1 is 1.19 bits per heavy atom. The fourth-order valence-corrected chi connectivity index (χ4v) is 2.74. The lowest BCUT2D eigenvalue weighted by atomic mass is 9.94. The van der Waals surface area contributed by atoms with Crippen LogP contribution >= 0.6 is 0 Å². The van der Waals surface area contributed by atoms with E-state index in [2.05, 4.69) is 41.4 Å². The number of furan rings is 1. The summed E-state index contributed by atoms with van der Waals surface area (Å²) in [5, 5.41) is 17.2. The van der Waals surface area contributed by atoms with Crippen molar-refractivity contribution in [3.63, 3.8) is 0 Å². The Balaban J connectivity index is 2.05.